The van der Waals surface area contributed by atoms with Crippen LogP contribution in [-0.2, 0) is 32.8 Å². The van der Waals surface area contributed by atoms with Crippen LogP contribution in [-0.4, -0.2) is 32.7 Å². The number of esters is 1. The minimum Gasteiger partial charge on any atom is -0.457 e. The van der Waals surface area contributed by atoms with Gasteiger partial charge in [0.15, 0.2) is 11.0 Å². The number of carbonyl (C=O) groups is 2. The first-order chi connectivity index (χ1) is 17.4. The fraction of sp³-hybridized carbons (Fsp3) is 0.483. The number of Topliss-reactive ketones (excluding diaryl/α,β-unsaturated/α-hetero) is 1. The van der Waals surface area contributed by atoms with E-state index in [4.69, 9.17) is 4.74 Å². The fourth-order valence-corrected chi connectivity index (χ4v) is 7.76. The van der Waals surface area contributed by atoms with Crippen molar-refractivity contribution in [3.05, 3.63) is 62.3 Å². The van der Waals surface area contributed by atoms with Crippen molar-refractivity contribution in [3.8, 4) is 0 Å². The molecule has 6 nitrogen and oxygen atoms in total. The molecular weight excluding hydrogens is 506 g/mol. The number of thioether (sulfide) groups is 1. The van der Waals surface area contributed by atoms with Gasteiger partial charge in [0, 0.05) is 11.3 Å². The van der Waals surface area contributed by atoms with E-state index < -0.39 is 16.8 Å². The van der Waals surface area contributed by atoms with E-state index in [2.05, 4.69) is 25.8 Å². The van der Waals surface area contributed by atoms with Gasteiger partial charge in [-0.3, -0.25) is 14.4 Å². The van der Waals surface area contributed by atoms with Gasteiger partial charge in [-0.1, -0.05) is 70.2 Å². The maximum atomic E-state index is 13.6. The molecular formula is C29H35NO5S2. The molecule has 4 rings (SSSR count). The van der Waals surface area contributed by atoms with E-state index in [0.717, 1.165) is 37.4 Å². The van der Waals surface area contributed by atoms with Gasteiger partial charge in [-0.2, -0.15) is 0 Å². The molecule has 8 heteroatoms. The van der Waals surface area contributed by atoms with E-state index in [9.17, 15) is 19.5 Å². The number of ketones is 1. The third-order valence-corrected chi connectivity index (χ3v) is 9.47. The first-order valence-corrected chi connectivity index (χ1v) is 14.3. The number of carbonyl (C=O) groups excluding carboxylic acids is 2. The molecule has 1 fully saturated rings. The topological polar surface area (TPSA) is 96.5 Å². The molecule has 0 amide bonds. The molecule has 0 aliphatic carbocycles. The van der Waals surface area contributed by atoms with Crippen molar-refractivity contribution in [2.75, 3.05) is 0 Å². The number of H-pyrrole nitrogens is 1. The molecule has 198 valence electrons. The number of aromatic nitrogens is 1. The van der Waals surface area contributed by atoms with Gasteiger partial charge in [0.2, 0.25) is 0 Å². The zero-order valence-corrected chi connectivity index (χ0v) is 23.9. The summed E-state index contributed by atoms with van der Waals surface area (Å²) in [5.74, 6) is -0.691. The zero-order valence-electron chi connectivity index (χ0n) is 22.3. The second-order valence-corrected chi connectivity index (χ2v) is 13.4. The largest absolute Gasteiger partial charge is 0.457 e. The number of nitrogens with one attached hydrogen (secondary N) is 1. The third-order valence-electron chi connectivity index (χ3n) is 7.30. The standard InChI is InChI=1S/C29H35NO5S2/c1-16(2)29(12-11-18-9-7-8-10-19(18)15-31)14-20(32)24(26(33)35-29)36-21-13-17(3)23-25(37-27(34)30-23)22(21)28(4,5)6/h7-10,13,16,24,31H,11-12,14-15H2,1-6H3,(H,30,34). The molecule has 3 aromatic rings. The molecule has 0 spiro atoms. The van der Waals surface area contributed by atoms with Gasteiger partial charge in [-0.05, 0) is 59.4 Å². The van der Waals surface area contributed by atoms with Crippen LogP contribution in [0.1, 0.15) is 69.7 Å². The van der Waals surface area contributed by atoms with Gasteiger partial charge in [-0.15, -0.1) is 11.8 Å². The van der Waals surface area contributed by atoms with Gasteiger partial charge in [0.05, 0.1) is 16.8 Å². The lowest BCUT2D eigenvalue weighted by Crippen LogP contribution is -2.52. The van der Waals surface area contributed by atoms with Gasteiger partial charge in [-0.25, -0.2) is 0 Å². The lowest BCUT2D eigenvalue weighted by Gasteiger charge is -2.42. The molecule has 1 aliphatic heterocycles. The van der Waals surface area contributed by atoms with Gasteiger partial charge in [0.1, 0.15) is 5.60 Å². The van der Waals surface area contributed by atoms with E-state index in [1.54, 1.807) is 0 Å². The summed E-state index contributed by atoms with van der Waals surface area (Å²) in [5, 5.41) is 8.74. The molecule has 1 aromatic heterocycles. The van der Waals surface area contributed by atoms with Gasteiger partial charge in [0.25, 0.3) is 0 Å². The molecule has 0 bridgehead atoms. The van der Waals surface area contributed by atoms with Crippen molar-refractivity contribution in [1.29, 1.82) is 0 Å². The Bertz CT molecular complexity index is 1380. The molecule has 2 atom stereocenters. The molecule has 2 aromatic carbocycles. The van der Waals surface area contributed by atoms with Crippen LogP contribution in [0.3, 0.4) is 0 Å². The number of hydrogen-bond acceptors (Lipinski definition) is 7. The Labute approximate surface area is 225 Å². The summed E-state index contributed by atoms with van der Waals surface area (Å²) in [4.78, 5) is 42.8. The highest BCUT2D eigenvalue weighted by Crippen LogP contribution is 2.45. The molecule has 1 saturated heterocycles. The third kappa shape index (κ3) is 5.42. The van der Waals surface area contributed by atoms with Crippen LogP contribution in [0.4, 0.5) is 0 Å². The zero-order chi connectivity index (χ0) is 27.1. The lowest BCUT2D eigenvalue weighted by atomic mass is 9.78. The Morgan fingerprint density at radius 1 is 1.19 bits per heavy atom. The molecule has 0 saturated carbocycles. The summed E-state index contributed by atoms with van der Waals surface area (Å²) >= 11 is 2.40. The van der Waals surface area contributed by atoms with E-state index in [-0.39, 0.29) is 35.0 Å². The summed E-state index contributed by atoms with van der Waals surface area (Å²) in [6, 6.07) is 9.62. The number of aromatic amines is 1. The normalized spacial score (nSPS) is 20.6. The fourth-order valence-electron chi connectivity index (χ4n) is 5.14. The van der Waals surface area contributed by atoms with Crippen molar-refractivity contribution < 1.29 is 19.4 Å². The van der Waals surface area contributed by atoms with E-state index in [1.807, 2.05) is 51.1 Å². The van der Waals surface area contributed by atoms with Crippen LogP contribution < -0.4 is 4.87 Å². The predicted molar refractivity (Wildman–Crippen MR) is 149 cm³/mol. The number of aliphatic hydroxyl groups excluding tert-OH is 1. The summed E-state index contributed by atoms with van der Waals surface area (Å²) < 4.78 is 7.01. The number of rotatable bonds is 7. The van der Waals surface area contributed by atoms with Gasteiger partial charge < -0.3 is 14.8 Å². The number of thiazole rings is 1. The Balaban J connectivity index is 1.63. The highest BCUT2D eigenvalue weighted by molar-refractivity contribution is 8.01. The number of aliphatic hydroxyl groups is 1. The molecule has 2 heterocycles. The second kappa shape index (κ2) is 10.4. The smallest absolute Gasteiger partial charge is 0.327 e. The molecule has 37 heavy (non-hydrogen) atoms. The highest BCUT2D eigenvalue weighted by Gasteiger charge is 2.49. The van der Waals surface area contributed by atoms with Crippen LogP contribution in [0.5, 0.6) is 0 Å². The number of hydrogen-bond donors (Lipinski definition) is 2. The van der Waals surface area contributed by atoms with Crippen molar-refractivity contribution in [1.82, 2.24) is 4.98 Å². The lowest BCUT2D eigenvalue weighted by molar-refractivity contribution is -0.176. The first-order valence-electron chi connectivity index (χ1n) is 12.6. The number of benzene rings is 2. The monoisotopic (exact) mass is 541 g/mol. The highest BCUT2D eigenvalue weighted by atomic mass is 32.2. The number of aryl methyl sites for hydroxylation is 2. The maximum absolute atomic E-state index is 13.6. The summed E-state index contributed by atoms with van der Waals surface area (Å²) in [5.41, 5.74) is 3.32. The molecule has 0 radical (unpaired) electrons. The van der Waals surface area contributed by atoms with Crippen molar-refractivity contribution in [3.63, 3.8) is 0 Å². The van der Waals surface area contributed by atoms with E-state index in [1.165, 1.54) is 23.1 Å². The van der Waals surface area contributed by atoms with E-state index >= 15 is 0 Å². The van der Waals surface area contributed by atoms with Crippen molar-refractivity contribution >= 4 is 45.1 Å². The minimum atomic E-state index is -0.954. The van der Waals surface area contributed by atoms with Gasteiger partial charge >= 0.3 is 10.8 Å². The van der Waals surface area contributed by atoms with Crippen molar-refractivity contribution in [2.24, 2.45) is 5.92 Å². The average molecular weight is 542 g/mol. The molecule has 2 unspecified atom stereocenters. The van der Waals surface area contributed by atoms with Crippen LogP contribution in [0.25, 0.3) is 10.2 Å². The Kier molecular flexibility index (Phi) is 7.75. The molecule has 2 N–H and O–H groups in total. The van der Waals surface area contributed by atoms with Crippen LogP contribution >= 0.6 is 23.1 Å². The Hall–Kier alpha value is -2.42. The van der Waals surface area contributed by atoms with Crippen molar-refractivity contribution in [2.45, 2.75) is 88.6 Å². The predicted octanol–water partition coefficient (Wildman–Crippen LogP) is 5.69. The minimum absolute atomic E-state index is 0.0477. The number of fused-ring (bicyclic) bond motifs is 1. The Morgan fingerprint density at radius 2 is 1.86 bits per heavy atom. The quantitative estimate of drug-likeness (QED) is 0.295. The van der Waals surface area contributed by atoms with E-state index in [0.29, 0.717) is 12.8 Å². The maximum Gasteiger partial charge on any atom is 0.327 e. The number of ether oxygens (including phenoxy) is 1. The summed E-state index contributed by atoms with van der Waals surface area (Å²) in [7, 11) is 0. The summed E-state index contributed by atoms with van der Waals surface area (Å²) in [6.07, 6.45) is 1.26. The van der Waals surface area contributed by atoms with Crippen LogP contribution in [0.15, 0.2) is 40.0 Å². The van der Waals surface area contributed by atoms with Crippen LogP contribution in [0, 0.1) is 12.8 Å². The average Bonchev–Trinajstić information content (AvgIpc) is 3.20. The molecule has 1 aliphatic rings. The first kappa shape index (κ1) is 27.6. The van der Waals surface area contributed by atoms with Crippen LogP contribution in [0.2, 0.25) is 0 Å². The SMILES string of the molecule is Cc1cc(SC2C(=O)CC(CCc3ccccc3CO)(C(C)C)OC2=O)c(C(C)(C)C)c2sc(=O)[nH]c12. The summed E-state index contributed by atoms with van der Waals surface area (Å²) in [6.45, 7) is 12.0. The second-order valence-electron chi connectivity index (χ2n) is 11.2. The Morgan fingerprint density at radius 3 is 2.46 bits per heavy atom. The number of cyclic esters (lactones) is 1.